The largest absolute Gasteiger partial charge is 0.354 e. The van der Waals surface area contributed by atoms with Gasteiger partial charge in [-0.05, 0) is 69.3 Å². The van der Waals surface area contributed by atoms with Crippen LogP contribution >= 0.6 is 0 Å². The number of para-hydroxylation sites is 1. The van der Waals surface area contributed by atoms with E-state index in [-0.39, 0.29) is 11.9 Å². The number of hydrogen-bond acceptors (Lipinski definition) is 5. The van der Waals surface area contributed by atoms with E-state index in [0.29, 0.717) is 5.92 Å². The Hall–Kier alpha value is -2.44. The zero-order valence-electron chi connectivity index (χ0n) is 19.8. The summed E-state index contributed by atoms with van der Waals surface area (Å²) < 4.78 is 0. The minimum atomic E-state index is -0.113. The molecule has 32 heavy (non-hydrogen) atoms. The van der Waals surface area contributed by atoms with Crippen molar-refractivity contribution in [1.82, 2.24) is 14.8 Å². The van der Waals surface area contributed by atoms with Crippen LogP contribution in [0.3, 0.4) is 0 Å². The summed E-state index contributed by atoms with van der Waals surface area (Å²) in [7, 11) is 0. The Balaban J connectivity index is 1.27. The Morgan fingerprint density at radius 2 is 1.81 bits per heavy atom. The fourth-order valence-corrected chi connectivity index (χ4v) is 5.07. The summed E-state index contributed by atoms with van der Waals surface area (Å²) in [6.07, 6.45) is 4.29. The van der Waals surface area contributed by atoms with E-state index in [2.05, 4.69) is 70.0 Å². The second-order valence-corrected chi connectivity index (χ2v) is 9.41. The molecule has 1 aromatic carbocycles. The van der Waals surface area contributed by atoms with Gasteiger partial charge in [0.05, 0.1) is 6.04 Å². The number of aryl methyl sites for hydroxylation is 2. The second-order valence-electron chi connectivity index (χ2n) is 9.41. The van der Waals surface area contributed by atoms with Crippen LogP contribution in [0.4, 0.5) is 11.5 Å². The summed E-state index contributed by atoms with van der Waals surface area (Å²) in [4.78, 5) is 24.8. The van der Waals surface area contributed by atoms with Gasteiger partial charge in [0.2, 0.25) is 5.91 Å². The normalized spacial score (nSPS) is 21.3. The number of amides is 1. The van der Waals surface area contributed by atoms with Crippen molar-refractivity contribution in [3.05, 3.63) is 53.7 Å². The zero-order valence-corrected chi connectivity index (χ0v) is 19.8. The van der Waals surface area contributed by atoms with E-state index in [1.807, 2.05) is 18.3 Å². The number of aromatic nitrogens is 1. The highest BCUT2D eigenvalue weighted by Crippen LogP contribution is 2.23. The Kier molecular flexibility index (Phi) is 7.43. The maximum absolute atomic E-state index is 13.0. The lowest BCUT2D eigenvalue weighted by molar-refractivity contribution is -0.121. The van der Waals surface area contributed by atoms with Crippen molar-refractivity contribution >= 4 is 17.4 Å². The Bertz CT molecular complexity index is 874. The van der Waals surface area contributed by atoms with Gasteiger partial charge in [-0.25, -0.2) is 4.98 Å². The standard InChI is InChI=1S/C26H37N5O/c1-20-8-6-9-21(2)25(20)28-26(32)22(3)31-13-7-10-23(19-31)18-29-14-16-30(17-15-29)24-11-4-5-12-27-24/h4-6,8-9,11-12,22-23H,7,10,13-19H2,1-3H3,(H,28,32). The number of pyridine rings is 1. The summed E-state index contributed by atoms with van der Waals surface area (Å²) >= 11 is 0. The molecule has 2 unspecified atom stereocenters. The molecule has 2 aliphatic heterocycles. The number of piperidine rings is 1. The van der Waals surface area contributed by atoms with Crippen LogP contribution < -0.4 is 10.2 Å². The highest BCUT2D eigenvalue weighted by Gasteiger charge is 2.29. The lowest BCUT2D eigenvalue weighted by Gasteiger charge is -2.40. The molecule has 4 rings (SSSR count). The lowest BCUT2D eigenvalue weighted by Crippen LogP contribution is -2.52. The van der Waals surface area contributed by atoms with E-state index in [9.17, 15) is 4.79 Å². The first-order valence-corrected chi connectivity index (χ1v) is 12.0. The molecule has 3 heterocycles. The Labute approximate surface area is 192 Å². The van der Waals surface area contributed by atoms with E-state index in [1.54, 1.807) is 0 Å². The molecule has 1 amide bonds. The number of rotatable bonds is 6. The third-order valence-electron chi connectivity index (χ3n) is 7.07. The van der Waals surface area contributed by atoms with Crippen LogP contribution in [0.1, 0.15) is 30.9 Å². The summed E-state index contributed by atoms with van der Waals surface area (Å²) in [5.74, 6) is 1.81. The molecular weight excluding hydrogens is 398 g/mol. The number of piperazine rings is 1. The van der Waals surface area contributed by atoms with Gasteiger partial charge >= 0.3 is 0 Å². The molecule has 6 heteroatoms. The van der Waals surface area contributed by atoms with Gasteiger partial charge in [0.25, 0.3) is 0 Å². The van der Waals surface area contributed by atoms with Gasteiger partial charge in [-0.15, -0.1) is 0 Å². The number of nitrogens with one attached hydrogen (secondary N) is 1. The third-order valence-corrected chi connectivity index (χ3v) is 7.07. The van der Waals surface area contributed by atoms with E-state index in [1.165, 1.54) is 12.8 Å². The molecular formula is C26H37N5O. The van der Waals surface area contributed by atoms with Crippen molar-refractivity contribution in [2.45, 2.75) is 39.7 Å². The van der Waals surface area contributed by atoms with Crippen LogP contribution in [0, 0.1) is 19.8 Å². The SMILES string of the molecule is Cc1cccc(C)c1NC(=O)C(C)N1CCCC(CN2CCN(c3ccccn3)CC2)C1. The molecule has 2 aliphatic rings. The van der Waals surface area contributed by atoms with E-state index in [4.69, 9.17) is 0 Å². The summed E-state index contributed by atoms with van der Waals surface area (Å²) in [6, 6.07) is 12.2. The van der Waals surface area contributed by atoms with Gasteiger partial charge in [-0.1, -0.05) is 24.3 Å². The first-order valence-electron chi connectivity index (χ1n) is 12.0. The van der Waals surface area contributed by atoms with Crippen LogP contribution in [0.25, 0.3) is 0 Å². The average molecular weight is 436 g/mol. The number of benzene rings is 1. The topological polar surface area (TPSA) is 51.7 Å². The number of carbonyl (C=O) groups excluding carboxylic acids is 1. The van der Waals surface area contributed by atoms with E-state index >= 15 is 0 Å². The highest BCUT2D eigenvalue weighted by molar-refractivity contribution is 5.95. The number of carbonyl (C=O) groups is 1. The minimum Gasteiger partial charge on any atom is -0.354 e. The molecule has 6 nitrogen and oxygen atoms in total. The molecule has 2 atom stereocenters. The molecule has 0 radical (unpaired) electrons. The number of hydrogen-bond donors (Lipinski definition) is 1. The van der Waals surface area contributed by atoms with Crippen molar-refractivity contribution in [1.29, 1.82) is 0 Å². The molecule has 2 saturated heterocycles. The predicted molar refractivity (Wildman–Crippen MR) is 131 cm³/mol. The smallest absolute Gasteiger partial charge is 0.241 e. The van der Waals surface area contributed by atoms with Gasteiger partial charge in [0, 0.05) is 51.2 Å². The minimum absolute atomic E-state index is 0.104. The molecule has 0 aliphatic carbocycles. The molecule has 2 aromatic rings. The van der Waals surface area contributed by atoms with Crippen molar-refractivity contribution < 1.29 is 4.79 Å². The van der Waals surface area contributed by atoms with Crippen molar-refractivity contribution in [2.24, 2.45) is 5.92 Å². The van der Waals surface area contributed by atoms with E-state index in [0.717, 1.165) is 68.4 Å². The van der Waals surface area contributed by atoms with Gasteiger partial charge in [-0.3, -0.25) is 14.6 Å². The zero-order chi connectivity index (χ0) is 22.5. The molecule has 1 N–H and O–H groups in total. The summed E-state index contributed by atoms with van der Waals surface area (Å²) in [5, 5.41) is 3.19. The van der Waals surface area contributed by atoms with E-state index < -0.39 is 0 Å². The van der Waals surface area contributed by atoms with Crippen LogP contribution in [-0.4, -0.2) is 72.5 Å². The molecule has 0 bridgehead atoms. The maximum atomic E-state index is 13.0. The van der Waals surface area contributed by atoms with Crippen LogP contribution in [0.15, 0.2) is 42.6 Å². The van der Waals surface area contributed by atoms with Crippen molar-refractivity contribution in [2.75, 3.05) is 56.0 Å². The monoisotopic (exact) mass is 435 g/mol. The molecule has 0 saturated carbocycles. The van der Waals surface area contributed by atoms with Gasteiger partial charge in [-0.2, -0.15) is 0 Å². The van der Waals surface area contributed by atoms with Crippen LogP contribution in [-0.2, 0) is 4.79 Å². The fourth-order valence-electron chi connectivity index (χ4n) is 5.07. The fraction of sp³-hybridized carbons (Fsp3) is 0.538. The molecule has 2 fully saturated rings. The quantitative estimate of drug-likeness (QED) is 0.752. The Morgan fingerprint density at radius 1 is 1.06 bits per heavy atom. The number of anilines is 2. The van der Waals surface area contributed by atoms with Crippen molar-refractivity contribution in [3.8, 4) is 0 Å². The molecule has 172 valence electrons. The predicted octanol–water partition coefficient (Wildman–Crippen LogP) is 3.56. The highest BCUT2D eigenvalue weighted by atomic mass is 16.2. The molecule has 0 spiro atoms. The van der Waals surface area contributed by atoms with Crippen LogP contribution in [0.5, 0.6) is 0 Å². The number of nitrogens with zero attached hydrogens (tertiary/aromatic N) is 4. The summed E-state index contributed by atoms with van der Waals surface area (Å²) in [6.45, 7) is 13.5. The first-order chi connectivity index (χ1) is 15.5. The second kappa shape index (κ2) is 10.5. The van der Waals surface area contributed by atoms with Gasteiger partial charge < -0.3 is 10.2 Å². The third kappa shape index (κ3) is 5.48. The lowest BCUT2D eigenvalue weighted by atomic mass is 9.95. The maximum Gasteiger partial charge on any atom is 0.241 e. The van der Waals surface area contributed by atoms with Gasteiger partial charge in [0.1, 0.15) is 5.82 Å². The summed E-state index contributed by atoms with van der Waals surface area (Å²) in [5.41, 5.74) is 3.20. The first kappa shape index (κ1) is 22.7. The van der Waals surface area contributed by atoms with Crippen molar-refractivity contribution in [3.63, 3.8) is 0 Å². The van der Waals surface area contributed by atoms with Crippen LogP contribution in [0.2, 0.25) is 0 Å². The number of likely N-dealkylation sites (tertiary alicyclic amines) is 1. The molecule has 1 aromatic heterocycles. The average Bonchev–Trinajstić information content (AvgIpc) is 2.82. The Morgan fingerprint density at radius 3 is 2.50 bits per heavy atom. The van der Waals surface area contributed by atoms with Gasteiger partial charge in [0.15, 0.2) is 0 Å².